The number of hydrogen-bond acceptors (Lipinski definition) is 3. The van der Waals surface area contributed by atoms with Crippen LogP contribution in [0.25, 0.3) is 0 Å². The molecule has 0 bridgehead atoms. The molecule has 4 heteroatoms. The number of alkyl halides is 1. The first-order valence-corrected chi connectivity index (χ1v) is 6.37. The first-order valence-electron chi connectivity index (χ1n) is 5.49. The summed E-state index contributed by atoms with van der Waals surface area (Å²) in [6.07, 6.45) is 0.242. The van der Waals surface area contributed by atoms with Gasteiger partial charge in [-0.2, -0.15) is 0 Å². The molecule has 1 aromatic carbocycles. The predicted octanol–water partition coefficient (Wildman–Crippen LogP) is 2.82. The standard InChI is InChI=1S/C13H15FN2S/c1-10-8-17-12(16-10)7-13(14,9-15)11-5-3-2-4-6-11/h2-6,8H,7,9,15H2,1H3. The number of hydrogen-bond donors (Lipinski definition) is 1. The molecule has 0 aliphatic carbocycles. The number of nitrogens with two attached hydrogens (primary N) is 1. The van der Waals surface area contributed by atoms with Crippen LogP contribution in [0.5, 0.6) is 0 Å². The smallest absolute Gasteiger partial charge is 0.154 e. The van der Waals surface area contributed by atoms with Crippen LogP contribution in [0.3, 0.4) is 0 Å². The average Bonchev–Trinajstić information content (AvgIpc) is 2.75. The Kier molecular flexibility index (Phi) is 3.54. The second-order valence-corrected chi connectivity index (χ2v) is 5.04. The first-order chi connectivity index (χ1) is 8.14. The van der Waals surface area contributed by atoms with E-state index in [4.69, 9.17) is 5.73 Å². The van der Waals surface area contributed by atoms with Crippen molar-refractivity contribution in [1.29, 1.82) is 0 Å². The number of rotatable bonds is 4. The molecule has 1 heterocycles. The molecule has 0 aliphatic heterocycles. The van der Waals surface area contributed by atoms with Gasteiger partial charge in [0.25, 0.3) is 0 Å². The fourth-order valence-corrected chi connectivity index (χ4v) is 2.62. The number of halogens is 1. The maximum absolute atomic E-state index is 14.8. The van der Waals surface area contributed by atoms with Crippen LogP contribution in [-0.4, -0.2) is 11.5 Å². The summed E-state index contributed by atoms with van der Waals surface area (Å²) in [4.78, 5) is 4.29. The largest absolute Gasteiger partial charge is 0.327 e. The molecule has 0 saturated heterocycles. The van der Waals surface area contributed by atoms with Gasteiger partial charge >= 0.3 is 0 Å². The SMILES string of the molecule is Cc1csc(CC(F)(CN)c2ccccc2)n1. The van der Waals surface area contributed by atoms with Crippen molar-refractivity contribution in [2.24, 2.45) is 5.73 Å². The van der Waals surface area contributed by atoms with Gasteiger partial charge in [-0.05, 0) is 12.5 Å². The Bertz CT molecular complexity index is 483. The summed E-state index contributed by atoms with van der Waals surface area (Å²) in [5.41, 5.74) is 5.62. The van der Waals surface area contributed by atoms with E-state index < -0.39 is 5.67 Å². The second kappa shape index (κ2) is 4.94. The highest BCUT2D eigenvalue weighted by molar-refractivity contribution is 7.09. The third kappa shape index (κ3) is 2.70. The topological polar surface area (TPSA) is 38.9 Å². The highest BCUT2D eigenvalue weighted by atomic mass is 32.1. The molecule has 0 radical (unpaired) electrons. The fraction of sp³-hybridized carbons (Fsp3) is 0.308. The molecule has 2 nitrogen and oxygen atoms in total. The van der Waals surface area contributed by atoms with E-state index in [1.807, 2.05) is 30.5 Å². The van der Waals surface area contributed by atoms with E-state index >= 15 is 0 Å². The molecule has 0 spiro atoms. The highest BCUT2D eigenvalue weighted by Crippen LogP contribution is 2.30. The van der Waals surface area contributed by atoms with Gasteiger partial charge in [0.05, 0.1) is 5.01 Å². The van der Waals surface area contributed by atoms with Gasteiger partial charge in [-0.3, -0.25) is 0 Å². The van der Waals surface area contributed by atoms with Crippen molar-refractivity contribution < 1.29 is 4.39 Å². The molecule has 17 heavy (non-hydrogen) atoms. The van der Waals surface area contributed by atoms with E-state index in [0.717, 1.165) is 10.7 Å². The average molecular weight is 250 g/mol. The molecule has 1 atom stereocenters. The number of thiazole rings is 1. The summed E-state index contributed by atoms with van der Waals surface area (Å²) in [6, 6.07) is 9.06. The van der Waals surface area contributed by atoms with Crippen LogP contribution in [0.2, 0.25) is 0 Å². The quantitative estimate of drug-likeness (QED) is 0.906. The highest BCUT2D eigenvalue weighted by Gasteiger charge is 2.31. The van der Waals surface area contributed by atoms with Crippen LogP contribution in [0.15, 0.2) is 35.7 Å². The van der Waals surface area contributed by atoms with Gasteiger partial charge in [0.2, 0.25) is 0 Å². The lowest BCUT2D eigenvalue weighted by Crippen LogP contribution is -2.32. The van der Waals surface area contributed by atoms with Crippen LogP contribution in [-0.2, 0) is 12.1 Å². The summed E-state index contributed by atoms with van der Waals surface area (Å²) in [5, 5.41) is 2.72. The number of nitrogens with zero attached hydrogens (tertiary/aromatic N) is 1. The van der Waals surface area contributed by atoms with Crippen molar-refractivity contribution in [1.82, 2.24) is 4.98 Å². The summed E-state index contributed by atoms with van der Waals surface area (Å²) in [6.45, 7) is 1.88. The molecule has 90 valence electrons. The van der Waals surface area contributed by atoms with Crippen molar-refractivity contribution in [3.63, 3.8) is 0 Å². The fourth-order valence-electron chi connectivity index (χ4n) is 1.75. The molecule has 2 N–H and O–H groups in total. The molecular weight excluding hydrogens is 235 g/mol. The van der Waals surface area contributed by atoms with Gasteiger partial charge in [0.15, 0.2) is 5.67 Å². The molecular formula is C13H15FN2S. The minimum atomic E-state index is -1.52. The number of aryl methyl sites for hydroxylation is 1. The van der Waals surface area contributed by atoms with Crippen molar-refractivity contribution in [2.75, 3.05) is 6.54 Å². The monoisotopic (exact) mass is 250 g/mol. The van der Waals surface area contributed by atoms with Crippen LogP contribution in [0.1, 0.15) is 16.3 Å². The summed E-state index contributed by atoms with van der Waals surface area (Å²) < 4.78 is 14.8. The van der Waals surface area contributed by atoms with Gasteiger partial charge in [-0.15, -0.1) is 11.3 Å². The Hall–Kier alpha value is -1.26. The van der Waals surface area contributed by atoms with Gasteiger partial charge in [0.1, 0.15) is 0 Å². The Morgan fingerprint density at radius 3 is 2.59 bits per heavy atom. The molecule has 0 saturated carbocycles. The van der Waals surface area contributed by atoms with Crippen molar-refractivity contribution in [3.8, 4) is 0 Å². The van der Waals surface area contributed by atoms with Crippen molar-refractivity contribution >= 4 is 11.3 Å². The Balaban J connectivity index is 2.26. The second-order valence-electron chi connectivity index (χ2n) is 4.09. The van der Waals surface area contributed by atoms with E-state index in [9.17, 15) is 4.39 Å². The summed E-state index contributed by atoms with van der Waals surface area (Å²) >= 11 is 1.48. The van der Waals surface area contributed by atoms with Gasteiger partial charge in [-0.1, -0.05) is 30.3 Å². The predicted molar refractivity (Wildman–Crippen MR) is 68.8 cm³/mol. The lowest BCUT2D eigenvalue weighted by atomic mass is 9.93. The van der Waals surface area contributed by atoms with E-state index in [1.54, 1.807) is 12.1 Å². The third-order valence-electron chi connectivity index (χ3n) is 2.71. The maximum atomic E-state index is 14.8. The van der Waals surface area contributed by atoms with Gasteiger partial charge in [-0.25, -0.2) is 9.37 Å². The van der Waals surface area contributed by atoms with Crippen LogP contribution >= 0.6 is 11.3 Å². The van der Waals surface area contributed by atoms with Crippen LogP contribution in [0, 0.1) is 6.92 Å². The summed E-state index contributed by atoms with van der Waals surface area (Å²) in [5.74, 6) is 0. The molecule has 0 amide bonds. The van der Waals surface area contributed by atoms with Crippen molar-refractivity contribution in [3.05, 3.63) is 52.0 Å². The van der Waals surface area contributed by atoms with Crippen LogP contribution in [0.4, 0.5) is 4.39 Å². The van der Waals surface area contributed by atoms with E-state index in [0.29, 0.717) is 5.56 Å². The lowest BCUT2D eigenvalue weighted by Gasteiger charge is -2.23. The molecule has 1 aromatic heterocycles. The molecule has 1 unspecified atom stereocenters. The van der Waals surface area contributed by atoms with E-state index in [1.165, 1.54) is 11.3 Å². The first kappa shape index (κ1) is 12.2. The van der Waals surface area contributed by atoms with Crippen molar-refractivity contribution in [2.45, 2.75) is 19.0 Å². The number of benzene rings is 1. The molecule has 2 rings (SSSR count). The molecule has 0 fully saturated rings. The zero-order chi connectivity index (χ0) is 12.3. The van der Waals surface area contributed by atoms with Crippen LogP contribution < -0.4 is 5.73 Å². The van der Waals surface area contributed by atoms with Gasteiger partial charge < -0.3 is 5.73 Å². The zero-order valence-electron chi connectivity index (χ0n) is 9.69. The maximum Gasteiger partial charge on any atom is 0.154 e. The number of aromatic nitrogens is 1. The minimum absolute atomic E-state index is 0.0321. The summed E-state index contributed by atoms with van der Waals surface area (Å²) in [7, 11) is 0. The normalized spacial score (nSPS) is 14.5. The molecule has 0 aliphatic rings. The third-order valence-corrected chi connectivity index (χ3v) is 3.68. The zero-order valence-corrected chi connectivity index (χ0v) is 10.5. The Morgan fingerprint density at radius 1 is 1.35 bits per heavy atom. The lowest BCUT2D eigenvalue weighted by molar-refractivity contribution is 0.175. The van der Waals surface area contributed by atoms with Gasteiger partial charge in [0, 0.05) is 24.0 Å². The minimum Gasteiger partial charge on any atom is -0.327 e. The van der Waals surface area contributed by atoms with E-state index in [2.05, 4.69) is 4.98 Å². The molecule has 2 aromatic rings. The Labute approximate surface area is 104 Å². The van der Waals surface area contributed by atoms with E-state index in [-0.39, 0.29) is 13.0 Å². The Morgan fingerprint density at radius 2 is 2.06 bits per heavy atom.